The lowest BCUT2D eigenvalue weighted by Gasteiger charge is -2.20. The molecule has 1 N–H and O–H groups in total. The maximum Gasteiger partial charge on any atom is 0.160 e. The van der Waals surface area contributed by atoms with Crippen molar-refractivity contribution in [2.24, 2.45) is 0 Å². The molecule has 32 heavy (non-hydrogen) atoms. The molecule has 1 atom stereocenters. The molecular formula is C27H45NO4. The molecular weight excluding hydrogens is 402 g/mol. The van der Waals surface area contributed by atoms with Gasteiger partial charge >= 0.3 is 0 Å². The van der Waals surface area contributed by atoms with E-state index in [1.807, 2.05) is 6.08 Å². The summed E-state index contributed by atoms with van der Waals surface area (Å²) in [4.78, 5) is 2.20. The van der Waals surface area contributed by atoms with Gasteiger partial charge in [-0.25, -0.2) is 0 Å². The highest BCUT2D eigenvalue weighted by atomic mass is 16.5. The Balaban J connectivity index is 2.61. The van der Waals surface area contributed by atoms with E-state index in [1.165, 1.54) is 11.1 Å². The van der Waals surface area contributed by atoms with Crippen LogP contribution in [0.4, 0.5) is 0 Å². The zero-order valence-corrected chi connectivity index (χ0v) is 20.9. The lowest BCUT2D eigenvalue weighted by Crippen LogP contribution is -2.30. The molecule has 0 aromatic rings. The maximum absolute atomic E-state index is 9.12. The molecule has 0 bridgehead atoms. The molecule has 0 aromatic heterocycles. The fourth-order valence-electron chi connectivity index (χ4n) is 3.72. The number of aliphatic hydroxyl groups is 1. The largest absolute Gasteiger partial charge is 0.493 e. The van der Waals surface area contributed by atoms with E-state index in [2.05, 4.69) is 56.1 Å². The molecule has 5 nitrogen and oxygen atoms in total. The summed E-state index contributed by atoms with van der Waals surface area (Å²) in [5.41, 5.74) is 2.82. The van der Waals surface area contributed by atoms with Crippen molar-refractivity contribution in [3.63, 3.8) is 0 Å². The van der Waals surface area contributed by atoms with Crippen LogP contribution in [0.25, 0.3) is 0 Å². The predicted octanol–water partition coefficient (Wildman–Crippen LogP) is 5.55. The van der Waals surface area contributed by atoms with Gasteiger partial charge in [0.15, 0.2) is 11.5 Å². The third-order valence-electron chi connectivity index (χ3n) is 5.60. The molecule has 1 rings (SSSR count). The summed E-state index contributed by atoms with van der Waals surface area (Å²) in [6, 6.07) is 0. The first kappa shape index (κ1) is 28.2. The monoisotopic (exact) mass is 447 g/mol. The molecule has 182 valence electrons. The first-order valence-corrected chi connectivity index (χ1v) is 12.0. The van der Waals surface area contributed by atoms with E-state index in [0.29, 0.717) is 13.2 Å². The normalized spacial score (nSPS) is 16.0. The zero-order chi connectivity index (χ0) is 23.6. The first-order chi connectivity index (χ1) is 15.6. The number of methoxy groups -OCH3 is 2. The number of hydrogen-bond acceptors (Lipinski definition) is 5. The number of nitrogens with zero attached hydrogens (tertiary/aromatic N) is 1. The van der Waals surface area contributed by atoms with Crippen LogP contribution in [0.3, 0.4) is 0 Å². The van der Waals surface area contributed by atoms with E-state index in [9.17, 15) is 0 Å². The fraction of sp³-hybridized carbons (Fsp3) is 0.630. The van der Waals surface area contributed by atoms with Gasteiger partial charge < -0.3 is 19.3 Å². The molecule has 1 unspecified atom stereocenters. The second-order valence-electron chi connectivity index (χ2n) is 8.03. The summed E-state index contributed by atoms with van der Waals surface area (Å²) in [5.74, 6) is 1.58. The van der Waals surface area contributed by atoms with Crippen molar-refractivity contribution in [3.8, 4) is 0 Å². The minimum atomic E-state index is 0.0874. The Kier molecular flexibility index (Phi) is 15.6. The second-order valence-corrected chi connectivity index (χ2v) is 8.03. The quantitative estimate of drug-likeness (QED) is 0.296. The van der Waals surface area contributed by atoms with Crippen LogP contribution in [0.1, 0.15) is 59.3 Å². The van der Waals surface area contributed by atoms with E-state index in [-0.39, 0.29) is 12.7 Å². The van der Waals surface area contributed by atoms with E-state index in [1.54, 1.807) is 14.2 Å². The van der Waals surface area contributed by atoms with Crippen molar-refractivity contribution >= 4 is 0 Å². The second kappa shape index (κ2) is 17.7. The van der Waals surface area contributed by atoms with Crippen LogP contribution in [-0.2, 0) is 14.2 Å². The standard InChI is InChI=1S/C27H45NO4/c1-6-8-9-11-25(22-23(3)32-21-19-28(7-2)18-20-29)13-10-12-24-14-16-26(30-4)27(31-5)17-15-24/h8-9,14,16-17,22-23,29H,6-7,10-13,15,18-21H2,1-5H3/b9-8-,25-22+. The highest BCUT2D eigenvalue weighted by Gasteiger charge is 2.10. The fourth-order valence-corrected chi connectivity index (χ4v) is 3.72. The van der Waals surface area contributed by atoms with Crippen LogP contribution in [0.15, 0.2) is 59.1 Å². The van der Waals surface area contributed by atoms with Gasteiger partial charge in [0.05, 0.1) is 33.5 Å². The molecule has 0 aromatic carbocycles. The van der Waals surface area contributed by atoms with Gasteiger partial charge in [-0.1, -0.05) is 49.3 Å². The number of aliphatic hydroxyl groups excluding tert-OH is 1. The average molecular weight is 448 g/mol. The number of allylic oxidation sites excluding steroid dienone is 7. The number of rotatable bonds is 17. The van der Waals surface area contributed by atoms with Gasteiger partial charge in [-0.2, -0.15) is 0 Å². The van der Waals surface area contributed by atoms with E-state index < -0.39 is 0 Å². The Morgan fingerprint density at radius 3 is 2.56 bits per heavy atom. The lowest BCUT2D eigenvalue weighted by atomic mass is 9.99. The van der Waals surface area contributed by atoms with Crippen LogP contribution in [0, 0.1) is 0 Å². The molecule has 1 aliphatic rings. The van der Waals surface area contributed by atoms with Crippen molar-refractivity contribution in [2.75, 3.05) is 47.1 Å². The summed E-state index contributed by atoms with van der Waals surface area (Å²) < 4.78 is 16.9. The summed E-state index contributed by atoms with van der Waals surface area (Å²) in [7, 11) is 3.36. The molecule has 0 heterocycles. The summed E-state index contributed by atoms with van der Waals surface area (Å²) in [6.07, 6.45) is 19.3. The highest BCUT2D eigenvalue weighted by molar-refractivity contribution is 5.31. The number of ether oxygens (including phenoxy) is 3. The Morgan fingerprint density at radius 1 is 1.12 bits per heavy atom. The van der Waals surface area contributed by atoms with E-state index >= 15 is 0 Å². The lowest BCUT2D eigenvalue weighted by molar-refractivity contribution is 0.0704. The smallest absolute Gasteiger partial charge is 0.160 e. The van der Waals surface area contributed by atoms with Gasteiger partial charge in [0, 0.05) is 13.1 Å². The van der Waals surface area contributed by atoms with Crippen molar-refractivity contribution in [2.45, 2.75) is 65.4 Å². The molecule has 0 saturated carbocycles. The first-order valence-electron chi connectivity index (χ1n) is 12.0. The molecule has 0 spiro atoms. The minimum Gasteiger partial charge on any atom is -0.493 e. The summed E-state index contributed by atoms with van der Waals surface area (Å²) >= 11 is 0. The van der Waals surface area contributed by atoms with Crippen LogP contribution in [0.2, 0.25) is 0 Å². The summed E-state index contributed by atoms with van der Waals surface area (Å²) in [5, 5.41) is 9.12. The Bertz CT molecular complexity index is 661. The predicted molar refractivity (Wildman–Crippen MR) is 133 cm³/mol. The molecule has 0 aliphatic heterocycles. The van der Waals surface area contributed by atoms with Crippen molar-refractivity contribution in [1.29, 1.82) is 0 Å². The molecule has 0 radical (unpaired) electrons. The van der Waals surface area contributed by atoms with Gasteiger partial charge in [0.2, 0.25) is 0 Å². The molecule has 5 heteroatoms. The van der Waals surface area contributed by atoms with Crippen molar-refractivity contribution in [1.82, 2.24) is 4.90 Å². The van der Waals surface area contributed by atoms with Gasteiger partial charge in [-0.05, 0) is 64.1 Å². The van der Waals surface area contributed by atoms with Gasteiger partial charge in [0.25, 0.3) is 0 Å². The number of hydrogen-bond donors (Lipinski definition) is 1. The topological polar surface area (TPSA) is 51.2 Å². The SMILES string of the molecule is CC/C=C\C/C(=C\C(C)OCCN(CC)CCO)CCCC1=CC=C(OC)C(OC)=CC1. The van der Waals surface area contributed by atoms with Crippen LogP contribution < -0.4 is 0 Å². The van der Waals surface area contributed by atoms with E-state index in [0.717, 1.165) is 63.1 Å². The van der Waals surface area contributed by atoms with Crippen LogP contribution >= 0.6 is 0 Å². The summed E-state index contributed by atoms with van der Waals surface area (Å²) in [6.45, 7) is 9.75. The molecule has 0 fully saturated rings. The third-order valence-corrected chi connectivity index (χ3v) is 5.60. The number of likely N-dealkylation sites (N-methyl/N-ethyl adjacent to an activating group) is 1. The average Bonchev–Trinajstić information content (AvgIpc) is 3.00. The molecule has 0 amide bonds. The maximum atomic E-state index is 9.12. The Hall–Kier alpha value is -1.82. The third kappa shape index (κ3) is 11.7. The Morgan fingerprint density at radius 2 is 1.91 bits per heavy atom. The van der Waals surface area contributed by atoms with Crippen LogP contribution in [0.5, 0.6) is 0 Å². The zero-order valence-electron chi connectivity index (χ0n) is 20.9. The van der Waals surface area contributed by atoms with Gasteiger partial charge in [-0.3, -0.25) is 4.90 Å². The highest BCUT2D eigenvalue weighted by Crippen LogP contribution is 2.24. The van der Waals surface area contributed by atoms with Crippen molar-refractivity contribution < 1.29 is 19.3 Å². The van der Waals surface area contributed by atoms with Gasteiger partial charge in [0.1, 0.15) is 0 Å². The van der Waals surface area contributed by atoms with Crippen LogP contribution in [-0.4, -0.2) is 63.2 Å². The molecule has 1 aliphatic carbocycles. The minimum absolute atomic E-state index is 0.0874. The Labute approximate surface area is 196 Å². The van der Waals surface area contributed by atoms with E-state index in [4.69, 9.17) is 19.3 Å². The van der Waals surface area contributed by atoms with Gasteiger partial charge in [-0.15, -0.1) is 0 Å². The molecule has 0 saturated heterocycles. The van der Waals surface area contributed by atoms with Crippen molar-refractivity contribution in [3.05, 3.63) is 59.1 Å².